The van der Waals surface area contributed by atoms with Crippen molar-refractivity contribution in [2.45, 2.75) is 32.7 Å². The number of amides is 1. The average Bonchev–Trinajstić information content (AvgIpc) is 3.47. The Hall–Kier alpha value is -3.68. The maximum absolute atomic E-state index is 13.7. The number of likely N-dealkylation sites (tertiary alicyclic amines) is 1. The van der Waals surface area contributed by atoms with Gasteiger partial charge in [0.05, 0.1) is 29.7 Å². The molecule has 0 radical (unpaired) electrons. The van der Waals surface area contributed by atoms with Gasteiger partial charge in [0.25, 0.3) is 11.9 Å². The van der Waals surface area contributed by atoms with E-state index >= 15 is 0 Å². The molecule has 0 aliphatic carbocycles. The summed E-state index contributed by atoms with van der Waals surface area (Å²) in [6, 6.07) is 14.0. The van der Waals surface area contributed by atoms with Crippen LogP contribution in [0.4, 0.5) is 6.01 Å². The molecule has 0 bridgehead atoms. The fourth-order valence-electron chi connectivity index (χ4n) is 4.44. The number of nitrogens with zero attached hydrogens (tertiary/aromatic N) is 5. The van der Waals surface area contributed by atoms with E-state index in [1.54, 1.807) is 12.4 Å². The first-order valence-corrected chi connectivity index (χ1v) is 11.0. The Bertz CT molecular complexity index is 1200. The monoisotopic (exact) mass is 430 g/mol. The molecule has 4 aromatic rings. The van der Waals surface area contributed by atoms with Crippen molar-refractivity contribution in [2.75, 3.05) is 18.4 Å². The third kappa shape index (κ3) is 3.84. The Morgan fingerprint density at radius 2 is 2.00 bits per heavy atom. The first-order chi connectivity index (χ1) is 15.6. The second-order valence-electron chi connectivity index (χ2n) is 8.39. The minimum Gasteiger partial charge on any atom is -0.424 e. The lowest BCUT2D eigenvalue weighted by atomic mass is 9.90. The van der Waals surface area contributed by atoms with E-state index in [0.29, 0.717) is 36.3 Å². The Labute approximate surface area is 186 Å². The largest absolute Gasteiger partial charge is 0.424 e. The molecule has 32 heavy (non-hydrogen) atoms. The van der Waals surface area contributed by atoms with Crippen molar-refractivity contribution in [3.63, 3.8) is 0 Å². The van der Waals surface area contributed by atoms with E-state index in [1.807, 2.05) is 54.3 Å². The van der Waals surface area contributed by atoms with E-state index in [2.05, 4.69) is 27.4 Å². The van der Waals surface area contributed by atoms with Gasteiger partial charge in [-0.15, -0.1) is 0 Å². The molecule has 1 aliphatic heterocycles. The van der Waals surface area contributed by atoms with E-state index in [0.717, 1.165) is 29.5 Å². The minimum atomic E-state index is -0.00628. The molecule has 5 rings (SSSR count). The fraction of sp³-hybridized carbons (Fsp3) is 0.333. The molecule has 1 saturated heterocycles. The van der Waals surface area contributed by atoms with Crippen LogP contribution in [0.15, 0.2) is 59.3 Å². The normalized spacial score (nSPS) is 18.8. The van der Waals surface area contributed by atoms with Crippen molar-refractivity contribution in [1.29, 1.82) is 0 Å². The van der Waals surface area contributed by atoms with Crippen molar-refractivity contribution in [1.82, 2.24) is 24.9 Å². The molecule has 1 N–H and O–H groups in total. The number of nitrogens with one attached hydrogen (secondary N) is 1. The van der Waals surface area contributed by atoms with Crippen molar-refractivity contribution in [2.24, 2.45) is 5.92 Å². The van der Waals surface area contributed by atoms with Crippen molar-refractivity contribution in [3.05, 3.63) is 66.0 Å². The molecule has 1 aliphatic rings. The van der Waals surface area contributed by atoms with Gasteiger partial charge in [-0.1, -0.05) is 25.1 Å². The first kappa shape index (κ1) is 20.2. The van der Waals surface area contributed by atoms with Crippen molar-refractivity contribution in [3.8, 4) is 5.69 Å². The van der Waals surface area contributed by atoms with Crippen LogP contribution in [0, 0.1) is 12.8 Å². The van der Waals surface area contributed by atoms with Gasteiger partial charge in [0.1, 0.15) is 5.52 Å². The molecule has 1 fully saturated rings. The summed E-state index contributed by atoms with van der Waals surface area (Å²) in [7, 11) is 0. The molecule has 1 amide bonds. The zero-order valence-electron chi connectivity index (χ0n) is 18.2. The summed E-state index contributed by atoms with van der Waals surface area (Å²) in [5.74, 6) is 0.342. The second kappa shape index (κ2) is 8.45. The Morgan fingerprint density at radius 3 is 2.81 bits per heavy atom. The number of hydrogen-bond donors (Lipinski definition) is 1. The third-order valence-electron chi connectivity index (χ3n) is 6.15. The van der Waals surface area contributed by atoms with E-state index in [9.17, 15) is 4.79 Å². The highest BCUT2D eigenvalue weighted by atomic mass is 16.4. The molecule has 0 spiro atoms. The number of carbonyl (C=O) groups is 1. The molecular formula is C24H26N6O2. The van der Waals surface area contributed by atoms with Gasteiger partial charge >= 0.3 is 0 Å². The number of piperidine rings is 1. The van der Waals surface area contributed by atoms with Crippen LogP contribution in [0.5, 0.6) is 0 Å². The lowest BCUT2D eigenvalue weighted by Crippen LogP contribution is -2.51. The smallest absolute Gasteiger partial charge is 0.295 e. The van der Waals surface area contributed by atoms with Gasteiger partial charge in [0.15, 0.2) is 5.58 Å². The number of carbonyl (C=O) groups excluding carboxylic acids is 1. The van der Waals surface area contributed by atoms with Gasteiger partial charge in [0.2, 0.25) is 0 Å². The number of para-hydroxylation sites is 2. The van der Waals surface area contributed by atoms with Crippen LogP contribution in [0.1, 0.15) is 35.7 Å². The maximum atomic E-state index is 13.7. The van der Waals surface area contributed by atoms with Crippen LogP contribution in [0.25, 0.3) is 16.8 Å². The van der Waals surface area contributed by atoms with E-state index < -0.39 is 0 Å². The Balaban J connectivity index is 1.40. The summed E-state index contributed by atoms with van der Waals surface area (Å²) in [4.78, 5) is 21.7. The van der Waals surface area contributed by atoms with Crippen LogP contribution in [0.2, 0.25) is 0 Å². The molecule has 164 valence electrons. The van der Waals surface area contributed by atoms with E-state index in [4.69, 9.17) is 4.42 Å². The van der Waals surface area contributed by atoms with E-state index in [1.165, 1.54) is 4.80 Å². The molecule has 2 aromatic heterocycles. The van der Waals surface area contributed by atoms with Gasteiger partial charge in [-0.3, -0.25) is 4.79 Å². The number of aromatic nitrogens is 4. The molecule has 2 aromatic carbocycles. The lowest BCUT2D eigenvalue weighted by Gasteiger charge is -2.40. The average molecular weight is 431 g/mol. The molecule has 2 atom stereocenters. The highest BCUT2D eigenvalue weighted by Gasteiger charge is 2.33. The zero-order valence-corrected chi connectivity index (χ0v) is 18.2. The number of benzene rings is 2. The van der Waals surface area contributed by atoms with Crippen molar-refractivity contribution >= 4 is 23.0 Å². The molecule has 8 heteroatoms. The fourth-order valence-corrected chi connectivity index (χ4v) is 4.44. The van der Waals surface area contributed by atoms with Crippen LogP contribution in [-0.4, -0.2) is 49.9 Å². The zero-order chi connectivity index (χ0) is 22.1. The highest BCUT2D eigenvalue weighted by molar-refractivity contribution is 5.98. The van der Waals surface area contributed by atoms with Gasteiger partial charge in [-0.25, -0.2) is 0 Å². The predicted molar refractivity (Wildman–Crippen MR) is 122 cm³/mol. The number of oxazole rings is 1. The third-order valence-corrected chi connectivity index (χ3v) is 6.15. The number of hydrogen-bond acceptors (Lipinski definition) is 6. The molecule has 0 unspecified atom stereocenters. The Kier molecular flexibility index (Phi) is 5.34. The van der Waals surface area contributed by atoms with Crippen LogP contribution >= 0.6 is 0 Å². The standard InChI is InChI=1S/C24H26N6O2/c1-16-9-10-18(20(14-16)30-26-11-12-27-30)23(31)29-13-5-6-17(2)21(29)15-25-24-28-19-7-3-4-8-22(19)32-24/h3-4,7-12,14,17,21H,5-6,13,15H2,1-2H3,(H,25,28)/t17-,21-/m1/s1. The second-order valence-corrected chi connectivity index (χ2v) is 8.39. The summed E-state index contributed by atoms with van der Waals surface area (Å²) in [6.07, 6.45) is 5.29. The highest BCUT2D eigenvalue weighted by Crippen LogP contribution is 2.28. The molecule has 0 saturated carbocycles. The molecule has 8 nitrogen and oxygen atoms in total. The summed E-state index contributed by atoms with van der Waals surface area (Å²) in [6.45, 7) is 5.48. The number of fused-ring (bicyclic) bond motifs is 1. The Morgan fingerprint density at radius 1 is 1.19 bits per heavy atom. The summed E-state index contributed by atoms with van der Waals surface area (Å²) in [5.41, 5.74) is 3.91. The first-order valence-electron chi connectivity index (χ1n) is 11.0. The topological polar surface area (TPSA) is 89.1 Å². The van der Waals surface area contributed by atoms with E-state index in [-0.39, 0.29) is 11.9 Å². The SMILES string of the molecule is Cc1ccc(C(=O)N2CCC[C@@H](C)[C@H]2CNc2nc3ccccc3o2)c(-n2nccn2)c1. The maximum Gasteiger partial charge on any atom is 0.295 e. The number of rotatable bonds is 5. The van der Waals surface area contributed by atoms with Crippen LogP contribution in [-0.2, 0) is 0 Å². The number of aryl methyl sites for hydroxylation is 1. The van der Waals surface area contributed by atoms with Crippen molar-refractivity contribution < 1.29 is 9.21 Å². The summed E-state index contributed by atoms with van der Waals surface area (Å²) >= 11 is 0. The minimum absolute atomic E-state index is 0.00628. The van der Waals surface area contributed by atoms with Gasteiger partial charge in [-0.05, 0) is 55.5 Å². The molecule has 3 heterocycles. The van der Waals surface area contributed by atoms with Gasteiger partial charge < -0.3 is 14.6 Å². The number of anilines is 1. The summed E-state index contributed by atoms with van der Waals surface area (Å²) < 4.78 is 5.81. The lowest BCUT2D eigenvalue weighted by molar-refractivity contribution is 0.0539. The van der Waals surface area contributed by atoms with Crippen LogP contribution in [0.3, 0.4) is 0 Å². The van der Waals surface area contributed by atoms with Crippen LogP contribution < -0.4 is 5.32 Å². The quantitative estimate of drug-likeness (QED) is 0.513. The summed E-state index contributed by atoms with van der Waals surface area (Å²) in [5, 5.41) is 11.8. The van der Waals surface area contributed by atoms with Gasteiger partial charge in [0, 0.05) is 13.1 Å². The van der Waals surface area contributed by atoms with Gasteiger partial charge in [-0.2, -0.15) is 20.0 Å². The molecular weight excluding hydrogens is 404 g/mol. The predicted octanol–water partition coefficient (Wildman–Crippen LogP) is 4.07.